The highest BCUT2D eigenvalue weighted by Gasteiger charge is 2.36. The van der Waals surface area contributed by atoms with Crippen molar-refractivity contribution in [2.24, 2.45) is 0 Å². The lowest BCUT2D eigenvalue weighted by atomic mass is 9.99. The molecule has 47 heavy (non-hydrogen) atoms. The molecule has 0 aromatic heterocycles. The molecule has 254 valence electrons. The van der Waals surface area contributed by atoms with Gasteiger partial charge in [0.05, 0.1) is 28.8 Å². The highest BCUT2D eigenvalue weighted by molar-refractivity contribution is 7.99. The lowest BCUT2D eigenvalue weighted by molar-refractivity contribution is -0.137. The fourth-order valence-electron chi connectivity index (χ4n) is 5.16. The van der Waals surface area contributed by atoms with E-state index in [1.165, 1.54) is 17.0 Å². The molecule has 0 saturated carbocycles. The number of rotatable bonds is 12. The first-order chi connectivity index (χ1) is 22.0. The molecule has 1 aliphatic heterocycles. The quantitative estimate of drug-likeness (QED) is 0.212. The minimum Gasteiger partial charge on any atom is -0.392 e. The monoisotopic (exact) mass is 692 g/mol. The fraction of sp³-hybridized carbons (Fsp3) is 0.394. The van der Waals surface area contributed by atoms with Gasteiger partial charge in [0.15, 0.2) is 0 Å². The standard InChI is InChI=1S/C33H39F3N4O5S2/c1-5-38-47(44,45)29-9-7-6-8-25(29)23-12-10-22(11-13-23)19-40-27-15-14-24(33(34,35)36)16-28(27)46-20-26(31(40)43)39-30(42)17-32(3,4)37-18-21(2)41/h6-16,21,26,37-38,41H,5,17-20H2,1-4H3,(H,39,42)/t21-,26-/m1/s1. The van der Waals surface area contributed by atoms with Gasteiger partial charge in [0.25, 0.3) is 5.91 Å². The number of fused-ring (bicyclic) bond motifs is 1. The van der Waals surface area contributed by atoms with Crippen LogP contribution < -0.4 is 20.3 Å². The predicted molar refractivity (Wildman–Crippen MR) is 176 cm³/mol. The normalized spacial score (nSPS) is 16.4. The number of halogens is 3. The second-order valence-corrected chi connectivity index (χ2v) is 14.8. The average molecular weight is 693 g/mol. The molecular weight excluding hydrogens is 654 g/mol. The Hall–Kier alpha value is -3.43. The number of nitrogens with zero attached hydrogens (tertiary/aromatic N) is 1. The van der Waals surface area contributed by atoms with Crippen molar-refractivity contribution in [2.75, 3.05) is 23.7 Å². The highest BCUT2D eigenvalue weighted by Crippen LogP contribution is 2.40. The van der Waals surface area contributed by atoms with Crippen LogP contribution in [-0.4, -0.2) is 61.9 Å². The molecule has 2 amide bonds. The molecule has 4 rings (SSSR count). The van der Waals surface area contributed by atoms with Gasteiger partial charge >= 0.3 is 6.18 Å². The van der Waals surface area contributed by atoms with Gasteiger partial charge in [-0.2, -0.15) is 13.2 Å². The SMILES string of the molecule is CCNS(=O)(=O)c1ccccc1-c1ccc(CN2C(=O)[C@H](NC(=O)CC(C)(C)NC[C@@H](C)O)CSc3cc(C(F)(F)F)ccc32)cc1. The van der Waals surface area contributed by atoms with E-state index in [1.807, 2.05) is 0 Å². The van der Waals surface area contributed by atoms with Gasteiger partial charge in [0, 0.05) is 41.3 Å². The van der Waals surface area contributed by atoms with Crippen LogP contribution >= 0.6 is 11.8 Å². The molecule has 1 heterocycles. The predicted octanol–water partition coefficient (Wildman–Crippen LogP) is 4.93. The van der Waals surface area contributed by atoms with E-state index in [2.05, 4.69) is 15.4 Å². The molecule has 0 bridgehead atoms. The van der Waals surface area contributed by atoms with Gasteiger partial charge in [-0.15, -0.1) is 11.8 Å². The minimum atomic E-state index is -4.58. The van der Waals surface area contributed by atoms with Crippen molar-refractivity contribution in [3.05, 3.63) is 77.9 Å². The van der Waals surface area contributed by atoms with Gasteiger partial charge in [0.1, 0.15) is 6.04 Å². The summed E-state index contributed by atoms with van der Waals surface area (Å²) in [6.07, 6.45) is -5.21. The van der Waals surface area contributed by atoms with Crippen LogP contribution in [-0.2, 0) is 32.3 Å². The molecule has 0 unspecified atom stereocenters. The number of anilines is 1. The Kier molecular flexibility index (Phi) is 11.4. The number of hydrogen-bond donors (Lipinski definition) is 4. The number of amides is 2. The Morgan fingerprint density at radius 2 is 1.77 bits per heavy atom. The van der Waals surface area contributed by atoms with Crippen molar-refractivity contribution < 1.29 is 36.3 Å². The second-order valence-electron chi connectivity index (χ2n) is 12.0. The van der Waals surface area contributed by atoms with Crippen LogP contribution in [0.4, 0.5) is 18.9 Å². The van der Waals surface area contributed by atoms with E-state index in [1.54, 1.807) is 70.2 Å². The largest absolute Gasteiger partial charge is 0.416 e. The highest BCUT2D eigenvalue weighted by atomic mass is 32.2. The molecule has 2 atom stereocenters. The number of carbonyl (C=O) groups excluding carboxylic acids is 2. The number of thioether (sulfide) groups is 1. The topological polar surface area (TPSA) is 128 Å². The van der Waals surface area contributed by atoms with E-state index in [-0.39, 0.29) is 47.3 Å². The fourth-order valence-corrected chi connectivity index (χ4v) is 7.54. The number of carbonyl (C=O) groups is 2. The summed E-state index contributed by atoms with van der Waals surface area (Å²) in [5.41, 5.74) is 0.491. The number of sulfonamides is 1. The van der Waals surface area contributed by atoms with Crippen LogP contribution in [0.2, 0.25) is 0 Å². The first-order valence-electron chi connectivity index (χ1n) is 15.1. The summed E-state index contributed by atoms with van der Waals surface area (Å²) in [6.45, 7) is 7.36. The number of aliphatic hydroxyl groups excluding tert-OH is 1. The number of aliphatic hydroxyl groups is 1. The molecular formula is C33H39F3N4O5S2. The molecule has 0 radical (unpaired) electrons. The van der Waals surface area contributed by atoms with E-state index in [9.17, 15) is 36.3 Å². The maximum atomic E-state index is 14.0. The Bertz CT molecular complexity index is 1700. The van der Waals surface area contributed by atoms with Crippen LogP contribution in [0, 0.1) is 0 Å². The lowest BCUT2D eigenvalue weighted by Crippen LogP contribution is -2.52. The van der Waals surface area contributed by atoms with Crippen LogP contribution in [0.3, 0.4) is 0 Å². The van der Waals surface area contributed by atoms with E-state index in [0.717, 1.165) is 23.9 Å². The zero-order valence-corrected chi connectivity index (χ0v) is 28.2. The van der Waals surface area contributed by atoms with Crippen LogP contribution in [0.15, 0.2) is 76.5 Å². The first-order valence-corrected chi connectivity index (χ1v) is 17.5. The average Bonchev–Trinajstić information content (AvgIpc) is 3.12. The van der Waals surface area contributed by atoms with E-state index in [4.69, 9.17) is 0 Å². The summed E-state index contributed by atoms with van der Waals surface area (Å²) in [4.78, 5) is 28.8. The smallest absolute Gasteiger partial charge is 0.392 e. The summed E-state index contributed by atoms with van der Waals surface area (Å²) in [6, 6.07) is 15.7. The Balaban J connectivity index is 1.63. The maximum absolute atomic E-state index is 14.0. The third-order valence-corrected chi connectivity index (χ3v) is 10.2. The van der Waals surface area contributed by atoms with E-state index < -0.39 is 51.3 Å². The molecule has 0 saturated heterocycles. The van der Waals surface area contributed by atoms with Crippen LogP contribution in [0.5, 0.6) is 0 Å². The Labute approximate surface area is 277 Å². The first kappa shape index (κ1) is 36.4. The number of benzene rings is 3. The van der Waals surface area contributed by atoms with Gasteiger partial charge in [-0.1, -0.05) is 49.4 Å². The van der Waals surface area contributed by atoms with Crippen molar-refractivity contribution in [3.8, 4) is 11.1 Å². The van der Waals surface area contributed by atoms with Crippen LogP contribution in [0.25, 0.3) is 11.1 Å². The van der Waals surface area contributed by atoms with Gasteiger partial charge in [-0.05, 0) is 56.2 Å². The molecule has 4 N–H and O–H groups in total. The zero-order valence-electron chi connectivity index (χ0n) is 26.5. The minimum absolute atomic E-state index is 0.00817. The third-order valence-electron chi connectivity index (χ3n) is 7.48. The summed E-state index contributed by atoms with van der Waals surface area (Å²) in [7, 11) is -3.75. The maximum Gasteiger partial charge on any atom is 0.416 e. The number of nitrogens with one attached hydrogen (secondary N) is 3. The molecule has 1 aliphatic rings. The van der Waals surface area contributed by atoms with Crippen molar-refractivity contribution in [1.82, 2.24) is 15.4 Å². The summed E-state index contributed by atoms with van der Waals surface area (Å²) >= 11 is 1.06. The van der Waals surface area contributed by atoms with Crippen LogP contribution in [0.1, 0.15) is 45.2 Å². The van der Waals surface area contributed by atoms with Gasteiger partial charge in [0.2, 0.25) is 15.9 Å². The van der Waals surface area contributed by atoms with Crippen molar-refractivity contribution in [3.63, 3.8) is 0 Å². The second kappa shape index (κ2) is 14.8. The summed E-state index contributed by atoms with van der Waals surface area (Å²) in [5.74, 6) is -0.887. The third kappa shape index (κ3) is 9.35. The number of hydrogen-bond acceptors (Lipinski definition) is 7. The molecule has 3 aromatic carbocycles. The van der Waals surface area contributed by atoms with Crippen molar-refractivity contribution >= 4 is 39.3 Å². The Morgan fingerprint density at radius 1 is 1.09 bits per heavy atom. The van der Waals surface area contributed by atoms with Crippen molar-refractivity contribution in [1.29, 1.82) is 0 Å². The van der Waals surface area contributed by atoms with Crippen molar-refractivity contribution in [2.45, 2.75) is 74.3 Å². The zero-order chi connectivity index (χ0) is 34.6. The Morgan fingerprint density at radius 3 is 2.40 bits per heavy atom. The van der Waals surface area contributed by atoms with Gasteiger partial charge in [-0.25, -0.2) is 13.1 Å². The molecule has 0 aliphatic carbocycles. The number of alkyl halides is 3. The summed E-state index contributed by atoms with van der Waals surface area (Å²) in [5, 5.41) is 15.5. The summed E-state index contributed by atoms with van der Waals surface area (Å²) < 4.78 is 68.9. The van der Waals surface area contributed by atoms with Gasteiger partial charge in [-0.3, -0.25) is 9.59 Å². The van der Waals surface area contributed by atoms with E-state index in [0.29, 0.717) is 16.7 Å². The molecule has 14 heteroatoms. The number of β-amino-alcohol motifs (C(OH)–C–C–N with tert-alkyl or cyclic N) is 1. The molecule has 0 spiro atoms. The van der Waals surface area contributed by atoms with Gasteiger partial charge < -0.3 is 20.6 Å². The molecule has 0 fully saturated rings. The lowest BCUT2D eigenvalue weighted by Gasteiger charge is -2.29. The molecule has 9 nitrogen and oxygen atoms in total. The van der Waals surface area contributed by atoms with E-state index >= 15 is 0 Å². The molecule has 3 aromatic rings.